The van der Waals surface area contributed by atoms with Gasteiger partial charge in [-0.2, -0.15) is 8.78 Å². The van der Waals surface area contributed by atoms with Crippen molar-refractivity contribution in [1.29, 1.82) is 0 Å². The van der Waals surface area contributed by atoms with Crippen molar-refractivity contribution < 1.29 is 17.2 Å². The maximum Gasteiger partial charge on any atom is 0.341 e. The van der Waals surface area contributed by atoms with Crippen LogP contribution in [0.15, 0.2) is 29.2 Å². The van der Waals surface area contributed by atoms with Gasteiger partial charge in [0.1, 0.15) is 0 Å². The fraction of sp³-hybridized carbons (Fsp3) is 0.500. The van der Waals surface area contributed by atoms with Gasteiger partial charge in [-0.15, -0.1) is 0 Å². The topological polar surface area (TPSA) is 72.2 Å². The van der Waals surface area contributed by atoms with Crippen molar-refractivity contribution in [2.75, 3.05) is 5.32 Å². The lowest BCUT2D eigenvalue weighted by Gasteiger charge is -2.20. The van der Waals surface area contributed by atoms with Crippen LogP contribution < -0.4 is 11.1 Å². The fourth-order valence-corrected chi connectivity index (χ4v) is 3.19. The van der Waals surface area contributed by atoms with Gasteiger partial charge in [-0.25, -0.2) is 8.42 Å². The zero-order chi connectivity index (χ0) is 14.0. The van der Waals surface area contributed by atoms with Gasteiger partial charge >= 0.3 is 5.76 Å². The molecule has 0 aromatic heterocycles. The van der Waals surface area contributed by atoms with E-state index in [1.165, 1.54) is 18.2 Å². The fourth-order valence-electron chi connectivity index (χ4n) is 2.30. The number of nitrogens with one attached hydrogen (secondary N) is 1. The second-order valence-corrected chi connectivity index (χ2v) is 6.53. The van der Waals surface area contributed by atoms with E-state index >= 15 is 0 Å². The normalized spacial score (nSPS) is 23.8. The van der Waals surface area contributed by atoms with Crippen LogP contribution in [0.1, 0.15) is 19.3 Å². The van der Waals surface area contributed by atoms with E-state index in [0.717, 1.165) is 19.3 Å². The van der Waals surface area contributed by atoms with Crippen molar-refractivity contribution in [3.05, 3.63) is 24.3 Å². The summed E-state index contributed by atoms with van der Waals surface area (Å²) in [6, 6.07) is 5.55. The Balaban J connectivity index is 2.32. The van der Waals surface area contributed by atoms with Crippen LogP contribution in [-0.2, 0) is 9.84 Å². The molecule has 7 heteroatoms. The summed E-state index contributed by atoms with van der Waals surface area (Å²) in [7, 11) is -4.60. The van der Waals surface area contributed by atoms with E-state index in [1.807, 2.05) is 0 Å². The molecule has 1 saturated carbocycles. The lowest BCUT2D eigenvalue weighted by Crippen LogP contribution is -2.35. The number of anilines is 1. The van der Waals surface area contributed by atoms with Crippen LogP contribution >= 0.6 is 0 Å². The molecule has 1 aliphatic rings. The van der Waals surface area contributed by atoms with Crippen LogP contribution in [0.2, 0.25) is 0 Å². The molecular weight excluding hydrogens is 274 g/mol. The maximum atomic E-state index is 12.6. The first-order valence-electron chi connectivity index (χ1n) is 6.06. The molecule has 0 radical (unpaired) electrons. The Bertz CT molecular complexity index is 548. The highest BCUT2D eigenvalue weighted by molar-refractivity contribution is 7.91. The van der Waals surface area contributed by atoms with Crippen LogP contribution in [-0.4, -0.2) is 26.3 Å². The molecule has 0 bridgehead atoms. The van der Waals surface area contributed by atoms with Crippen molar-refractivity contribution in [2.24, 2.45) is 5.73 Å². The first kappa shape index (κ1) is 14.2. The number of halogens is 2. The highest BCUT2D eigenvalue weighted by Gasteiger charge is 2.31. The molecule has 1 aromatic carbocycles. The molecular formula is C12H16F2N2O2S. The summed E-state index contributed by atoms with van der Waals surface area (Å²) in [5.41, 5.74) is 6.08. The van der Waals surface area contributed by atoms with E-state index in [4.69, 9.17) is 5.73 Å². The van der Waals surface area contributed by atoms with E-state index in [0.29, 0.717) is 0 Å². The lowest BCUT2D eigenvalue weighted by atomic mass is 10.2. The number of rotatable bonds is 4. The van der Waals surface area contributed by atoms with Gasteiger partial charge in [0.25, 0.3) is 0 Å². The first-order chi connectivity index (χ1) is 8.93. The van der Waals surface area contributed by atoms with E-state index in [-0.39, 0.29) is 22.7 Å². The van der Waals surface area contributed by atoms with Crippen LogP contribution in [0.25, 0.3) is 0 Å². The number of nitrogens with two attached hydrogens (primary N) is 1. The molecule has 3 N–H and O–H groups in total. The molecule has 0 saturated heterocycles. The van der Waals surface area contributed by atoms with E-state index in [9.17, 15) is 17.2 Å². The quantitative estimate of drug-likeness (QED) is 0.889. The average molecular weight is 290 g/mol. The summed E-state index contributed by atoms with van der Waals surface area (Å²) >= 11 is 0. The molecule has 0 heterocycles. The number of benzene rings is 1. The molecule has 0 aliphatic heterocycles. The molecule has 1 aromatic rings. The molecule has 2 rings (SSSR count). The third-order valence-electron chi connectivity index (χ3n) is 3.34. The summed E-state index contributed by atoms with van der Waals surface area (Å²) in [4.78, 5) is -0.371. The summed E-state index contributed by atoms with van der Waals surface area (Å²) in [5, 5.41) is 2.98. The molecule has 2 unspecified atom stereocenters. The third-order valence-corrected chi connectivity index (χ3v) is 4.78. The third kappa shape index (κ3) is 2.87. The Labute approximate surface area is 110 Å². The number of para-hydroxylation sites is 1. The van der Waals surface area contributed by atoms with Gasteiger partial charge in [0, 0.05) is 12.1 Å². The maximum absolute atomic E-state index is 12.6. The highest BCUT2D eigenvalue weighted by Crippen LogP contribution is 2.29. The van der Waals surface area contributed by atoms with Gasteiger partial charge in [-0.1, -0.05) is 12.1 Å². The van der Waals surface area contributed by atoms with E-state index in [2.05, 4.69) is 5.32 Å². The van der Waals surface area contributed by atoms with Crippen molar-refractivity contribution in [3.8, 4) is 0 Å². The predicted octanol–water partition coefficient (Wildman–Crippen LogP) is 1.97. The van der Waals surface area contributed by atoms with Crippen molar-refractivity contribution in [3.63, 3.8) is 0 Å². The lowest BCUT2D eigenvalue weighted by molar-refractivity contribution is 0.235. The Hall–Kier alpha value is -1.21. The minimum absolute atomic E-state index is 0.0750. The summed E-state index contributed by atoms with van der Waals surface area (Å²) in [5.74, 6) is -3.42. The summed E-state index contributed by atoms with van der Waals surface area (Å²) in [6.07, 6.45) is 2.61. The number of sulfone groups is 1. The Morgan fingerprint density at radius 2 is 1.95 bits per heavy atom. The molecule has 1 aliphatic carbocycles. The minimum Gasteiger partial charge on any atom is -0.380 e. The Kier molecular flexibility index (Phi) is 4.05. The van der Waals surface area contributed by atoms with Gasteiger partial charge < -0.3 is 11.1 Å². The monoisotopic (exact) mass is 290 g/mol. The highest BCUT2D eigenvalue weighted by atomic mass is 32.2. The molecule has 4 nitrogen and oxygen atoms in total. The average Bonchev–Trinajstić information content (AvgIpc) is 2.75. The standard InChI is InChI=1S/C12H16F2N2O2S/c13-12(14)19(17,18)11-7-2-1-5-10(11)16-9-6-3-4-8(9)15/h1-2,5,7-9,12,16H,3-4,6,15H2. The first-order valence-corrected chi connectivity index (χ1v) is 7.61. The number of hydrogen-bond acceptors (Lipinski definition) is 4. The molecule has 1 fully saturated rings. The van der Waals surface area contributed by atoms with Gasteiger partial charge in [-0.3, -0.25) is 0 Å². The molecule has 19 heavy (non-hydrogen) atoms. The van der Waals surface area contributed by atoms with Crippen molar-refractivity contribution >= 4 is 15.5 Å². The van der Waals surface area contributed by atoms with Gasteiger partial charge in [0.15, 0.2) is 0 Å². The second kappa shape index (κ2) is 5.42. The summed E-state index contributed by atoms with van der Waals surface area (Å²) in [6.45, 7) is 0. The van der Waals surface area contributed by atoms with E-state index in [1.54, 1.807) is 6.07 Å². The van der Waals surface area contributed by atoms with Crippen LogP contribution in [0.5, 0.6) is 0 Å². The van der Waals surface area contributed by atoms with E-state index < -0.39 is 15.6 Å². The Morgan fingerprint density at radius 3 is 2.53 bits per heavy atom. The van der Waals surface area contributed by atoms with Crippen LogP contribution in [0.3, 0.4) is 0 Å². The van der Waals surface area contributed by atoms with Gasteiger partial charge in [0.2, 0.25) is 9.84 Å². The molecule has 106 valence electrons. The number of hydrogen-bond donors (Lipinski definition) is 2. The Morgan fingerprint density at radius 1 is 1.26 bits per heavy atom. The molecule has 0 amide bonds. The van der Waals surface area contributed by atoms with Crippen molar-refractivity contribution in [2.45, 2.75) is 42.0 Å². The molecule has 0 spiro atoms. The van der Waals surface area contributed by atoms with Gasteiger partial charge in [-0.05, 0) is 31.4 Å². The van der Waals surface area contributed by atoms with Gasteiger partial charge in [0.05, 0.1) is 10.6 Å². The second-order valence-electron chi connectivity index (χ2n) is 4.65. The SMILES string of the molecule is NC1CCCC1Nc1ccccc1S(=O)(=O)C(F)F. The summed E-state index contributed by atoms with van der Waals surface area (Å²) < 4.78 is 48.4. The zero-order valence-corrected chi connectivity index (χ0v) is 11.0. The van der Waals surface area contributed by atoms with Crippen molar-refractivity contribution in [1.82, 2.24) is 0 Å². The number of alkyl halides is 2. The van der Waals surface area contributed by atoms with Crippen LogP contribution in [0, 0.1) is 0 Å². The smallest absolute Gasteiger partial charge is 0.341 e. The minimum atomic E-state index is -4.60. The predicted molar refractivity (Wildman–Crippen MR) is 68.9 cm³/mol. The van der Waals surface area contributed by atoms with Crippen LogP contribution in [0.4, 0.5) is 14.5 Å². The molecule has 2 atom stereocenters. The zero-order valence-electron chi connectivity index (χ0n) is 10.2. The largest absolute Gasteiger partial charge is 0.380 e.